The molecule has 11 N–H and O–H groups in total. The van der Waals surface area contributed by atoms with Crippen molar-refractivity contribution in [2.75, 3.05) is 39.5 Å². The van der Waals surface area contributed by atoms with Crippen LogP contribution >= 0.6 is 0 Å². The highest BCUT2D eigenvalue weighted by Crippen LogP contribution is 2.44. The van der Waals surface area contributed by atoms with Gasteiger partial charge in [0.1, 0.15) is 72.7 Å². The summed E-state index contributed by atoms with van der Waals surface area (Å²) in [7, 11) is 0. The lowest BCUT2D eigenvalue weighted by Gasteiger charge is -2.26. The van der Waals surface area contributed by atoms with Crippen molar-refractivity contribution in [2.45, 2.75) is 204 Å². The number of alkyl halides is 9. The number of ketones is 2. The number of hydrogen-bond donors (Lipinski definition) is 11. The van der Waals surface area contributed by atoms with Crippen molar-refractivity contribution in [3.8, 4) is 0 Å². The van der Waals surface area contributed by atoms with Crippen LogP contribution in [-0.4, -0.2) is 235 Å². The maximum Gasteiger partial charge on any atom is 0.471 e. The molecule has 0 radical (unpaired) electrons. The third-order valence-electron chi connectivity index (χ3n) is 14.0. The van der Waals surface area contributed by atoms with Crippen LogP contribution in [-0.2, 0) is 91.0 Å². The highest BCUT2D eigenvalue weighted by atomic mass is 19.4. The summed E-state index contributed by atoms with van der Waals surface area (Å²) >= 11 is 0. The van der Waals surface area contributed by atoms with E-state index in [9.17, 15) is 117 Å². The lowest BCUT2D eigenvalue weighted by Crippen LogP contribution is -2.46. The lowest BCUT2D eigenvalue weighted by molar-refractivity contribution is -0.200. The van der Waals surface area contributed by atoms with Crippen molar-refractivity contribution in [1.29, 1.82) is 0 Å². The lowest BCUT2D eigenvalue weighted by atomic mass is 10.1. The average Bonchev–Trinajstić information content (AvgIpc) is 1.61. The Bertz CT molecular complexity index is 3830. The number of aromatic amines is 3. The van der Waals surface area contributed by atoms with Gasteiger partial charge in [-0.3, -0.25) is 71.8 Å². The van der Waals surface area contributed by atoms with Crippen LogP contribution in [0.5, 0.6) is 0 Å². The minimum absolute atomic E-state index is 0.0297. The van der Waals surface area contributed by atoms with Crippen LogP contribution in [0.15, 0.2) is 47.4 Å². The van der Waals surface area contributed by atoms with Gasteiger partial charge in [0.05, 0.1) is 45.0 Å². The number of ether oxygens (including phenoxy) is 9. The zero-order valence-electron chi connectivity index (χ0n) is 55.0. The van der Waals surface area contributed by atoms with E-state index in [1.165, 1.54) is 31.5 Å². The highest BCUT2D eigenvalue weighted by Gasteiger charge is 2.58. The summed E-state index contributed by atoms with van der Waals surface area (Å²) in [4.78, 5) is 145. The van der Waals surface area contributed by atoms with Gasteiger partial charge >= 0.3 is 71.0 Å². The Hall–Kier alpha value is -7.93. The minimum Gasteiger partial charge on any atom is -0.480 e. The van der Waals surface area contributed by atoms with Gasteiger partial charge < -0.3 is 88.8 Å². The number of aromatic nitrogens is 6. The highest BCUT2D eigenvalue weighted by molar-refractivity contribution is 6.41. The molecule has 3 aromatic heterocycles. The van der Waals surface area contributed by atoms with Crippen LogP contribution in [0.4, 0.5) is 39.5 Å². The van der Waals surface area contributed by atoms with Gasteiger partial charge in [0.25, 0.3) is 16.7 Å². The number of carbonyl (C=O) groups excluding carboxylic acids is 5. The molecule has 101 heavy (non-hydrogen) atoms. The summed E-state index contributed by atoms with van der Waals surface area (Å²) in [5.41, 5.74) is -6.70. The van der Waals surface area contributed by atoms with Gasteiger partial charge in [-0.2, -0.15) is 39.5 Å². The maximum atomic E-state index is 13.2. The standard InChI is InChI=1S/C21H28F3N3O9.C19H29N3O8.C12H17N3O8.C4F6O2/c1-19(2,3)34-12(29)8-26(17(31)21(22,23)24)6-10-7-27(18(32)25-15(10)30)16-14-13(11(9-28)33-16)35-20(4,5)36-14;1-18(2,3)28-12(24)7-20-6-10-8-22(17(26)21-15(10)25)16-14-13(11(9-23)27-16)29-19(4,5)30-14;16-4-6-8(19)9(20)11(23-6)15-3-5(1-13-2-7(17)18)10(21)14-12(15)22;5-3(6,7)1(11)2(12)4(8,9)10/h7,11,13-14,16,28H,6,8-9H2,1-5H3,(H,25,30,32);8,11,13-14,16,20,23H,6-7,9H2,1-5H3,(H,21,25,26);3,6,8-9,11,13,16,19-20H,1-2,4H2,(H,17,18)(H,14,21,22);/t2*11-,13?,14+,16-;6-,8?,9+,11-;/m111./s1. The first-order valence-electron chi connectivity index (χ1n) is 29.8. The normalized spacial score (nSPS) is 25.1. The fourth-order valence-electron chi connectivity index (χ4n) is 10.0. The second-order valence-electron chi connectivity index (χ2n) is 25.4. The number of H-pyrrole nitrogens is 3. The molecule has 12 atom stereocenters. The van der Waals surface area contributed by atoms with E-state index in [-0.39, 0.29) is 48.8 Å². The molecule has 1 amide bonds. The summed E-state index contributed by atoms with van der Waals surface area (Å²) in [6, 6.07) is 0. The Balaban J connectivity index is 0.000000257. The minimum atomic E-state index is -5.77. The number of fused-ring (bicyclic) bond motifs is 2. The molecule has 5 saturated heterocycles. The van der Waals surface area contributed by atoms with Gasteiger partial charge in [-0.05, 0) is 69.2 Å². The van der Waals surface area contributed by atoms with Gasteiger partial charge in [0.2, 0.25) is 0 Å². The predicted molar refractivity (Wildman–Crippen MR) is 313 cm³/mol. The molecular formula is C56H74F9N9O27. The van der Waals surface area contributed by atoms with Gasteiger partial charge in [-0.1, -0.05) is 0 Å². The Morgan fingerprint density at radius 3 is 1.22 bits per heavy atom. The van der Waals surface area contributed by atoms with E-state index in [0.717, 1.165) is 21.5 Å². The van der Waals surface area contributed by atoms with Crippen molar-refractivity contribution in [2.24, 2.45) is 0 Å². The molecule has 0 spiro atoms. The van der Waals surface area contributed by atoms with E-state index in [1.54, 1.807) is 48.5 Å². The summed E-state index contributed by atoms with van der Waals surface area (Å²) < 4.78 is 160. The summed E-state index contributed by atoms with van der Waals surface area (Å²) in [6.07, 6.45) is -25.2. The quantitative estimate of drug-likeness (QED) is 0.0326. The number of rotatable bonds is 19. The predicted octanol–water partition coefficient (Wildman–Crippen LogP) is -2.87. The first-order valence-corrected chi connectivity index (χ1v) is 29.8. The van der Waals surface area contributed by atoms with Gasteiger partial charge in [0, 0.05) is 42.8 Å². The molecule has 45 heteroatoms. The SMILES string of the molecule is CC(C)(C)OC(=O)CN(Cc1cn([C@@H]2O[C@H](CO)C3OC(C)(C)O[C@@H]32)c(=O)[nH]c1=O)C(=O)C(F)(F)F.CC(C)(C)OC(=O)CNCc1cn([C@@H]2O[C@H](CO)C3OC(C)(C)O[C@@H]32)c(=O)[nH]c1=O.O=C(C(=O)C(F)(F)F)C(F)(F)F.O=C(O)CNCc1cn([C@@H]2O[C@H](CO)C(O)[C@@H]2O)c(=O)[nH]c1=O. The third-order valence-corrected chi connectivity index (χ3v) is 14.0. The van der Waals surface area contributed by atoms with Crippen molar-refractivity contribution in [3.05, 3.63) is 97.8 Å². The summed E-state index contributed by atoms with van der Waals surface area (Å²) in [6.45, 7) is 12.4. The van der Waals surface area contributed by atoms with Crippen LogP contribution in [0.3, 0.4) is 0 Å². The second kappa shape index (κ2) is 32.6. The molecule has 0 aliphatic carbocycles. The third kappa shape index (κ3) is 22.5. The van der Waals surface area contributed by atoms with E-state index in [4.69, 9.17) is 52.8 Å². The molecule has 0 bridgehead atoms. The molecule has 568 valence electrons. The van der Waals surface area contributed by atoms with Gasteiger partial charge in [-0.15, -0.1) is 0 Å². The van der Waals surface area contributed by atoms with Crippen molar-refractivity contribution < 1.29 is 142 Å². The number of carbonyl (C=O) groups is 6. The topological polar surface area (TPSA) is 499 Å². The van der Waals surface area contributed by atoms with Crippen molar-refractivity contribution in [1.82, 2.24) is 44.2 Å². The average molecular weight is 1480 g/mol. The number of nitrogens with one attached hydrogen (secondary N) is 5. The smallest absolute Gasteiger partial charge is 0.471 e. The Morgan fingerprint density at radius 1 is 0.515 bits per heavy atom. The molecule has 5 aliphatic rings. The number of amides is 1. The number of aliphatic hydroxyl groups excluding tert-OH is 5. The Morgan fingerprint density at radius 2 is 0.861 bits per heavy atom. The number of Topliss-reactive ketones (excluding diaryl/α,β-unsaturated/α-hetero) is 2. The first-order chi connectivity index (χ1) is 46.2. The number of nitrogens with zero attached hydrogens (tertiary/aromatic N) is 4. The number of aliphatic carboxylic acids is 1. The Kier molecular flexibility index (Phi) is 27.0. The molecule has 8 rings (SSSR count). The van der Waals surface area contributed by atoms with Crippen LogP contribution in [0.1, 0.15) is 105 Å². The van der Waals surface area contributed by atoms with Gasteiger partial charge in [0.15, 0.2) is 30.3 Å². The second-order valence-corrected chi connectivity index (χ2v) is 25.4. The molecule has 5 fully saturated rings. The molecule has 3 unspecified atom stereocenters. The van der Waals surface area contributed by atoms with Crippen molar-refractivity contribution >= 4 is 35.4 Å². The number of aliphatic hydroxyl groups is 5. The fraction of sp³-hybridized carbons (Fsp3) is 0.679. The largest absolute Gasteiger partial charge is 0.480 e. The molecular weight excluding hydrogens is 1400 g/mol. The van der Waals surface area contributed by atoms with Crippen LogP contribution in [0, 0.1) is 0 Å². The first kappa shape index (κ1) is 83.7. The molecule has 0 saturated carbocycles. The number of carboxylic acid groups (broad SMARTS) is 1. The number of esters is 2. The van der Waals surface area contributed by atoms with E-state index in [2.05, 4.69) is 15.6 Å². The van der Waals surface area contributed by atoms with Crippen molar-refractivity contribution in [3.63, 3.8) is 0 Å². The number of carboxylic acids is 1. The summed E-state index contributed by atoms with van der Waals surface area (Å²) in [5.74, 6) is -13.9. The zero-order chi connectivity index (χ0) is 76.8. The molecule has 8 heterocycles. The van der Waals surface area contributed by atoms with Crippen LogP contribution in [0.25, 0.3) is 0 Å². The monoisotopic (exact) mass is 1480 g/mol. The maximum absolute atomic E-state index is 13.2. The fourth-order valence-corrected chi connectivity index (χ4v) is 10.0. The zero-order valence-corrected chi connectivity index (χ0v) is 55.0. The van der Waals surface area contributed by atoms with E-state index in [0.29, 0.717) is 0 Å². The summed E-state index contributed by atoms with van der Waals surface area (Å²) in [5, 5.41) is 61.8. The van der Waals surface area contributed by atoms with E-state index >= 15 is 0 Å². The molecule has 0 aromatic carbocycles. The number of hydrogen-bond acceptors (Lipinski definition) is 28. The van der Waals surface area contributed by atoms with Crippen LogP contribution < -0.4 is 44.4 Å². The van der Waals surface area contributed by atoms with E-state index < -0.39 is 216 Å². The molecule has 36 nitrogen and oxygen atoms in total. The molecule has 5 aliphatic heterocycles. The molecule has 3 aromatic rings. The Labute approximate surface area is 561 Å². The van der Waals surface area contributed by atoms with Gasteiger partial charge in [-0.25, -0.2) is 14.4 Å². The van der Waals surface area contributed by atoms with Crippen LogP contribution in [0.2, 0.25) is 0 Å². The number of halogens is 9. The van der Waals surface area contributed by atoms with E-state index in [1.807, 2.05) is 9.97 Å².